The molecule has 1 amide bonds. The fourth-order valence-electron chi connectivity index (χ4n) is 8.15. The topological polar surface area (TPSA) is 184 Å². The SMILES string of the molecule is COc1ncnc(C2CC2)c1-c1ncnc(N(CCNC(O)NCc2ccc(-c3[nH]c4cccc5c4c3CCNC5=O)cc2)Cc2ccc(-c3nc(C(F)(F)F)cn3C(C)C)cc2)n1. The van der Waals surface area contributed by atoms with Crippen LogP contribution in [-0.4, -0.2) is 83.6 Å². The molecule has 1 fully saturated rings. The number of aliphatic hydroxyl groups is 1. The van der Waals surface area contributed by atoms with E-state index in [4.69, 9.17) is 9.72 Å². The van der Waals surface area contributed by atoms with Crippen molar-refractivity contribution >= 4 is 22.8 Å². The zero-order valence-electron chi connectivity index (χ0n) is 35.4. The van der Waals surface area contributed by atoms with Gasteiger partial charge in [0.1, 0.15) is 24.0 Å². The van der Waals surface area contributed by atoms with Crippen LogP contribution >= 0.6 is 0 Å². The number of aromatic amines is 1. The first kappa shape index (κ1) is 42.5. The molecule has 9 rings (SSSR count). The zero-order valence-corrected chi connectivity index (χ0v) is 35.4. The highest BCUT2D eigenvalue weighted by Gasteiger charge is 2.35. The van der Waals surface area contributed by atoms with Crippen LogP contribution in [-0.2, 0) is 25.7 Å². The van der Waals surface area contributed by atoms with Crippen LogP contribution in [0.2, 0.25) is 0 Å². The molecule has 15 nitrogen and oxygen atoms in total. The maximum atomic E-state index is 13.6. The highest BCUT2D eigenvalue weighted by molar-refractivity contribution is 6.10. The number of carbonyl (C=O) groups is 1. The third-order valence-electron chi connectivity index (χ3n) is 11.5. The minimum absolute atomic E-state index is 0.0641. The molecule has 1 aliphatic heterocycles. The molecule has 1 saturated carbocycles. The van der Waals surface area contributed by atoms with Crippen LogP contribution in [0.3, 0.4) is 0 Å². The molecule has 5 N–H and O–H groups in total. The standard InChI is InChI=1S/C46H47F3N12O3/c1-26(2)61-23-35(46(47,48)49)58-41(61)31-13-9-28(10-14-31)22-60(44-56-25-54-40(59-44)37-39(30-15-16-30)53-24-55-43(37)64-3)20-19-51-45(63)52-21-27-7-11-29(12-8-27)38-32-17-18-50-42(62)33-5-4-6-34(57-38)36(32)33/h4-14,23-26,30,45,51-52,57,63H,15-22H2,1-3H3,(H,50,62). The Hall–Kier alpha value is -6.76. The first-order valence-electron chi connectivity index (χ1n) is 21.2. The molecule has 4 aromatic heterocycles. The van der Waals surface area contributed by atoms with Gasteiger partial charge in [0, 0.05) is 78.6 Å². The van der Waals surface area contributed by atoms with E-state index in [1.54, 1.807) is 12.1 Å². The van der Waals surface area contributed by atoms with Crippen molar-refractivity contribution in [2.45, 2.75) is 70.7 Å². The summed E-state index contributed by atoms with van der Waals surface area (Å²) in [4.78, 5) is 44.9. The van der Waals surface area contributed by atoms with Crippen molar-refractivity contribution in [2.24, 2.45) is 0 Å². The number of aromatic nitrogens is 8. The smallest absolute Gasteiger partial charge is 0.434 e. The molecule has 64 heavy (non-hydrogen) atoms. The summed E-state index contributed by atoms with van der Waals surface area (Å²) in [6, 6.07) is 20.8. The van der Waals surface area contributed by atoms with E-state index < -0.39 is 18.2 Å². The van der Waals surface area contributed by atoms with Gasteiger partial charge in [-0.2, -0.15) is 18.2 Å². The molecule has 1 aliphatic carbocycles. The maximum Gasteiger partial charge on any atom is 0.434 e. The van der Waals surface area contributed by atoms with E-state index >= 15 is 0 Å². The van der Waals surface area contributed by atoms with Gasteiger partial charge in [-0.15, -0.1) is 0 Å². The molecular weight excluding hydrogens is 826 g/mol. The van der Waals surface area contributed by atoms with Gasteiger partial charge in [0.05, 0.1) is 12.8 Å². The van der Waals surface area contributed by atoms with E-state index in [2.05, 4.69) is 45.9 Å². The summed E-state index contributed by atoms with van der Waals surface area (Å²) >= 11 is 0. The van der Waals surface area contributed by atoms with Gasteiger partial charge in [-0.1, -0.05) is 54.6 Å². The fraction of sp³-hybridized carbons (Fsp3) is 0.326. The predicted molar refractivity (Wildman–Crippen MR) is 234 cm³/mol. The number of nitrogens with zero attached hydrogens (tertiary/aromatic N) is 8. The lowest BCUT2D eigenvalue weighted by atomic mass is 10.00. The first-order valence-corrected chi connectivity index (χ1v) is 21.2. The van der Waals surface area contributed by atoms with Crippen LogP contribution in [0.4, 0.5) is 19.1 Å². The number of nitrogens with one attached hydrogen (secondary N) is 4. The van der Waals surface area contributed by atoms with Gasteiger partial charge in [-0.3, -0.25) is 15.4 Å². The minimum Gasteiger partial charge on any atom is -0.480 e. The Bertz CT molecular complexity index is 2790. The average Bonchev–Trinajstić information content (AvgIpc) is 3.97. The lowest BCUT2D eigenvalue weighted by molar-refractivity contribution is -0.140. The van der Waals surface area contributed by atoms with Gasteiger partial charge >= 0.3 is 6.18 Å². The summed E-state index contributed by atoms with van der Waals surface area (Å²) in [6.45, 7) is 5.54. The van der Waals surface area contributed by atoms with Crippen LogP contribution in [0.15, 0.2) is 85.6 Å². The maximum absolute atomic E-state index is 13.6. The Balaban J connectivity index is 0.903. The van der Waals surface area contributed by atoms with Crippen molar-refractivity contribution < 1.29 is 27.8 Å². The van der Waals surface area contributed by atoms with Gasteiger partial charge in [0.15, 0.2) is 17.9 Å². The molecule has 18 heteroatoms. The number of alkyl halides is 3. The quantitative estimate of drug-likeness (QED) is 0.0644. The van der Waals surface area contributed by atoms with E-state index in [0.29, 0.717) is 67.1 Å². The molecule has 5 heterocycles. The van der Waals surface area contributed by atoms with E-state index in [1.807, 2.05) is 73.3 Å². The molecule has 3 aromatic carbocycles. The van der Waals surface area contributed by atoms with Gasteiger partial charge in [0.2, 0.25) is 11.8 Å². The third-order valence-corrected chi connectivity index (χ3v) is 11.5. The molecule has 0 saturated heterocycles. The highest BCUT2D eigenvalue weighted by atomic mass is 19.4. The normalized spacial score (nSPS) is 14.5. The Morgan fingerprint density at radius 3 is 2.42 bits per heavy atom. The lowest BCUT2D eigenvalue weighted by Crippen LogP contribution is -2.45. The number of anilines is 1. The van der Waals surface area contributed by atoms with E-state index in [9.17, 15) is 23.1 Å². The lowest BCUT2D eigenvalue weighted by Gasteiger charge is -2.24. The molecule has 0 spiro atoms. The Labute approximate surface area is 366 Å². The number of H-pyrrole nitrogens is 1. The van der Waals surface area contributed by atoms with Crippen LogP contribution in [0.25, 0.3) is 44.9 Å². The van der Waals surface area contributed by atoms with Crippen LogP contribution in [0.5, 0.6) is 5.88 Å². The summed E-state index contributed by atoms with van der Waals surface area (Å²) in [6.07, 6.45) is 1.02. The van der Waals surface area contributed by atoms with Crippen molar-refractivity contribution in [1.29, 1.82) is 0 Å². The third kappa shape index (κ3) is 8.89. The largest absolute Gasteiger partial charge is 0.480 e. The number of amides is 1. The molecule has 2 aliphatic rings. The van der Waals surface area contributed by atoms with Crippen LogP contribution in [0.1, 0.15) is 77.1 Å². The summed E-state index contributed by atoms with van der Waals surface area (Å²) in [5.74, 6) is 1.50. The molecule has 1 atom stereocenters. The van der Waals surface area contributed by atoms with E-state index in [-0.39, 0.29) is 23.7 Å². The molecule has 330 valence electrons. The number of aliphatic hydroxyl groups excluding tert-OH is 1. The van der Waals surface area contributed by atoms with Crippen molar-refractivity contribution in [3.63, 3.8) is 0 Å². The minimum atomic E-state index is -4.57. The summed E-state index contributed by atoms with van der Waals surface area (Å²) in [5.41, 5.74) is 7.54. The molecule has 0 radical (unpaired) electrons. The zero-order chi connectivity index (χ0) is 44.5. The number of halogens is 3. The number of imidazole rings is 1. The predicted octanol–water partition coefficient (Wildman–Crippen LogP) is 6.77. The van der Waals surface area contributed by atoms with Crippen molar-refractivity contribution in [1.82, 2.24) is 55.4 Å². The van der Waals surface area contributed by atoms with Crippen molar-refractivity contribution in [2.75, 3.05) is 31.6 Å². The Kier molecular flexibility index (Phi) is 11.8. The number of carbonyl (C=O) groups excluding carboxylic acids is 1. The number of benzene rings is 3. The van der Waals surface area contributed by atoms with Gasteiger partial charge in [-0.25, -0.2) is 24.9 Å². The van der Waals surface area contributed by atoms with Crippen LogP contribution < -0.4 is 25.6 Å². The second-order valence-electron chi connectivity index (χ2n) is 16.2. The van der Waals surface area contributed by atoms with Crippen LogP contribution in [0, 0.1) is 0 Å². The molecular formula is C46H47F3N12O3. The number of hydrogen-bond donors (Lipinski definition) is 5. The monoisotopic (exact) mass is 872 g/mol. The number of hydrogen-bond acceptors (Lipinski definition) is 12. The Morgan fingerprint density at radius 2 is 1.69 bits per heavy atom. The second-order valence-corrected chi connectivity index (χ2v) is 16.2. The van der Waals surface area contributed by atoms with Crippen molar-refractivity contribution in [3.05, 3.63) is 119 Å². The molecule has 7 aromatic rings. The van der Waals surface area contributed by atoms with E-state index in [0.717, 1.165) is 70.0 Å². The number of methoxy groups -OCH3 is 1. The average molecular weight is 873 g/mol. The summed E-state index contributed by atoms with van der Waals surface area (Å²) < 4.78 is 48.1. The Morgan fingerprint density at radius 1 is 0.938 bits per heavy atom. The van der Waals surface area contributed by atoms with Gasteiger partial charge < -0.3 is 29.6 Å². The highest BCUT2D eigenvalue weighted by Crippen LogP contribution is 2.45. The van der Waals surface area contributed by atoms with E-state index in [1.165, 1.54) is 24.3 Å². The van der Waals surface area contributed by atoms with Gasteiger partial charge in [0.25, 0.3) is 5.91 Å². The fourth-order valence-corrected chi connectivity index (χ4v) is 8.15. The van der Waals surface area contributed by atoms with Crippen molar-refractivity contribution in [3.8, 4) is 39.9 Å². The number of ether oxygens (including phenoxy) is 1. The summed E-state index contributed by atoms with van der Waals surface area (Å²) in [7, 11) is 1.54. The molecule has 1 unspecified atom stereocenters. The second kappa shape index (κ2) is 17.8. The van der Waals surface area contributed by atoms with Gasteiger partial charge in [-0.05, 0) is 67.5 Å². The first-order chi connectivity index (χ1) is 30.9. The number of rotatable bonds is 16. The summed E-state index contributed by atoms with van der Waals surface area (Å²) in [5, 5.41) is 21.2. The molecule has 0 bridgehead atoms.